The van der Waals surface area contributed by atoms with E-state index in [1.54, 1.807) is 12.1 Å². The van der Waals surface area contributed by atoms with Gasteiger partial charge in [-0.05, 0) is 43.6 Å². The number of halogens is 3. The fourth-order valence-corrected chi connectivity index (χ4v) is 4.45. The number of benzene rings is 1. The maximum atomic E-state index is 12.7. The van der Waals surface area contributed by atoms with Crippen molar-refractivity contribution in [2.75, 3.05) is 7.11 Å². The number of methoxy groups -OCH3 is 1. The minimum atomic E-state index is -0.155. The second kappa shape index (κ2) is 8.13. The first kappa shape index (κ1) is 19.6. The summed E-state index contributed by atoms with van der Waals surface area (Å²) < 4.78 is 5.28. The molecule has 134 valence electrons. The molecule has 2 bridgehead atoms. The molecule has 0 radical (unpaired) electrons. The molecule has 2 fully saturated rings. The zero-order valence-corrected chi connectivity index (χ0v) is 15.9. The Hall–Kier alpha value is -0.680. The first-order chi connectivity index (χ1) is 11.0. The zero-order valence-electron chi connectivity index (χ0n) is 13.6. The Bertz CT molecular complexity index is 598. The smallest absolute Gasteiger partial charge is 0.255 e. The van der Waals surface area contributed by atoms with Gasteiger partial charge in [0.1, 0.15) is 5.75 Å². The highest BCUT2D eigenvalue weighted by molar-refractivity contribution is 6.42. The van der Waals surface area contributed by atoms with Gasteiger partial charge >= 0.3 is 0 Å². The van der Waals surface area contributed by atoms with Gasteiger partial charge in [0.15, 0.2) is 0 Å². The van der Waals surface area contributed by atoms with Crippen molar-refractivity contribution in [3.8, 4) is 5.75 Å². The number of fused-ring (bicyclic) bond motifs is 2. The minimum Gasteiger partial charge on any atom is -0.496 e. The Morgan fingerprint density at radius 2 is 1.79 bits per heavy atom. The number of nitrogens with two attached hydrogens (primary N) is 1. The van der Waals surface area contributed by atoms with E-state index in [-0.39, 0.29) is 30.4 Å². The Kier molecular flexibility index (Phi) is 6.66. The topological polar surface area (TPSA) is 64.3 Å². The van der Waals surface area contributed by atoms with Gasteiger partial charge in [0.2, 0.25) is 0 Å². The van der Waals surface area contributed by atoms with Crippen molar-refractivity contribution < 1.29 is 9.53 Å². The molecule has 3 rings (SSSR count). The molecular weight excluding hydrogens is 371 g/mol. The van der Waals surface area contributed by atoms with Crippen LogP contribution < -0.4 is 15.8 Å². The molecule has 0 saturated heterocycles. The summed E-state index contributed by atoms with van der Waals surface area (Å²) in [6, 6.07) is 3.60. The largest absolute Gasteiger partial charge is 0.496 e. The van der Waals surface area contributed by atoms with Crippen LogP contribution in [0.2, 0.25) is 10.0 Å². The normalized spacial score (nSPS) is 28.7. The average molecular weight is 394 g/mol. The Morgan fingerprint density at radius 3 is 2.38 bits per heavy atom. The van der Waals surface area contributed by atoms with Gasteiger partial charge in [-0.1, -0.05) is 29.6 Å². The van der Waals surface area contributed by atoms with Gasteiger partial charge in [0, 0.05) is 18.2 Å². The van der Waals surface area contributed by atoms with E-state index in [9.17, 15) is 4.79 Å². The van der Waals surface area contributed by atoms with Crippen LogP contribution in [-0.2, 0) is 0 Å². The van der Waals surface area contributed by atoms with Crippen molar-refractivity contribution in [1.29, 1.82) is 0 Å². The van der Waals surface area contributed by atoms with Gasteiger partial charge in [-0.2, -0.15) is 0 Å². The van der Waals surface area contributed by atoms with Crippen LogP contribution in [-0.4, -0.2) is 25.1 Å². The van der Waals surface area contributed by atoms with Gasteiger partial charge in [0.05, 0.1) is 22.7 Å². The zero-order chi connectivity index (χ0) is 16.6. The van der Waals surface area contributed by atoms with E-state index in [4.69, 9.17) is 33.7 Å². The van der Waals surface area contributed by atoms with Crippen LogP contribution in [0.1, 0.15) is 42.5 Å². The van der Waals surface area contributed by atoms with Crippen molar-refractivity contribution in [3.63, 3.8) is 0 Å². The predicted octanol–water partition coefficient (Wildman–Crippen LogP) is 4.06. The third-order valence-electron chi connectivity index (χ3n) is 5.16. The van der Waals surface area contributed by atoms with E-state index < -0.39 is 0 Å². The lowest BCUT2D eigenvalue weighted by molar-refractivity contribution is 0.0753. The molecule has 2 aliphatic rings. The summed E-state index contributed by atoms with van der Waals surface area (Å²) in [5.41, 5.74) is 6.57. The molecule has 2 unspecified atom stereocenters. The van der Waals surface area contributed by atoms with E-state index in [0.717, 1.165) is 25.7 Å². The van der Waals surface area contributed by atoms with Gasteiger partial charge < -0.3 is 15.8 Å². The summed E-state index contributed by atoms with van der Waals surface area (Å²) in [5.74, 6) is 1.22. The molecule has 7 heteroatoms. The lowest BCUT2D eigenvalue weighted by Crippen LogP contribution is -2.53. The van der Waals surface area contributed by atoms with E-state index in [0.29, 0.717) is 33.2 Å². The second-order valence-corrected chi connectivity index (χ2v) is 7.46. The minimum absolute atomic E-state index is 0. The summed E-state index contributed by atoms with van der Waals surface area (Å²) >= 11 is 12.1. The molecule has 0 aromatic heterocycles. The van der Waals surface area contributed by atoms with Crippen molar-refractivity contribution in [2.24, 2.45) is 17.6 Å². The third-order valence-corrected chi connectivity index (χ3v) is 5.88. The molecule has 0 heterocycles. The van der Waals surface area contributed by atoms with Gasteiger partial charge in [-0.25, -0.2) is 0 Å². The summed E-state index contributed by atoms with van der Waals surface area (Å²) in [4.78, 5) is 12.7. The number of carbonyl (C=O) groups excluding carboxylic acids is 1. The molecule has 2 atom stereocenters. The molecule has 2 aliphatic carbocycles. The molecule has 2 saturated carbocycles. The summed E-state index contributed by atoms with van der Waals surface area (Å²) in [6.45, 7) is 0. The molecule has 3 N–H and O–H groups in total. The lowest BCUT2D eigenvalue weighted by atomic mass is 9.67. The number of carbonyl (C=O) groups is 1. The first-order valence-corrected chi connectivity index (χ1v) is 8.84. The van der Waals surface area contributed by atoms with Crippen LogP contribution in [0.3, 0.4) is 0 Å². The van der Waals surface area contributed by atoms with Crippen LogP contribution in [0.25, 0.3) is 0 Å². The summed E-state index contributed by atoms with van der Waals surface area (Å²) in [5, 5.41) is 3.93. The molecule has 0 spiro atoms. The van der Waals surface area contributed by atoms with Crippen LogP contribution >= 0.6 is 35.6 Å². The maximum absolute atomic E-state index is 12.7. The third kappa shape index (κ3) is 3.93. The monoisotopic (exact) mass is 392 g/mol. The Labute approximate surface area is 158 Å². The fourth-order valence-electron chi connectivity index (χ4n) is 4.13. The molecule has 0 aliphatic heterocycles. The summed E-state index contributed by atoms with van der Waals surface area (Å²) in [7, 11) is 1.52. The molecule has 4 nitrogen and oxygen atoms in total. The van der Waals surface area contributed by atoms with Crippen LogP contribution in [0, 0.1) is 11.8 Å². The van der Waals surface area contributed by atoms with Crippen molar-refractivity contribution >= 4 is 41.5 Å². The van der Waals surface area contributed by atoms with Gasteiger partial charge in [0.25, 0.3) is 5.91 Å². The number of rotatable bonds is 3. The second-order valence-electron chi connectivity index (χ2n) is 6.65. The molecule has 1 aromatic rings. The number of ether oxygens (including phenoxy) is 1. The van der Waals surface area contributed by atoms with E-state index in [2.05, 4.69) is 5.32 Å². The highest BCUT2D eigenvalue weighted by Crippen LogP contribution is 2.40. The Morgan fingerprint density at radius 1 is 1.21 bits per heavy atom. The molecule has 1 aromatic carbocycles. The molecule has 1 amide bonds. The average Bonchev–Trinajstić information content (AvgIpc) is 2.50. The van der Waals surface area contributed by atoms with E-state index in [1.807, 2.05) is 0 Å². The van der Waals surface area contributed by atoms with Crippen LogP contribution in [0.15, 0.2) is 12.1 Å². The van der Waals surface area contributed by atoms with Crippen LogP contribution in [0.4, 0.5) is 0 Å². The maximum Gasteiger partial charge on any atom is 0.255 e. The highest BCUT2D eigenvalue weighted by atomic mass is 35.5. The number of hydrogen-bond acceptors (Lipinski definition) is 3. The van der Waals surface area contributed by atoms with Gasteiger partial charge in [-0.3, -0.25) is 4.79 Å². The van der Waals surface area contributed by atoms with E-state index >= 15 is 0 Å². The van der Waals surface area contributed by atoms with Crippen molar-refractivity contribution in [2.45, 2.75) is 44.2 Å². The highest BCUT2D eigenvalue weighted by Gasteiger charge is 2.40. The van der Waals surface area contributed by atoms with Crippen molar-refractivity contribution in [1.82, 2.24) is 5.32 Å². The quantitative estimate of drug-likeness (QED) is 0.814. The summed E-state index contributed by atoms with van der Waals surface area (Å²) in [6.07, 6.45) is 5.46. The van der Waals surface area contributed by atoms with Crippen LogP contribution in [0.5, 0.6) is 5.75 Å². The number of amides is 1. The van der Waals surface area contributed by atoms with Crippen molar-refractivity contribution in [3.05, 3.63) is 27.7 Å². The number of nitrogens with one attached hydrogen (secondary N) is 1. The van der Waals surface area contributed by atoms with E-state index in [1.165, 1.54) is 13.5 Å². The number of hydrogen-bond donors (Lipinski definition) is 2. The molecule has 24 heavy (non-hydrogen) atoms. The standard InChI is InChI=1S/C17H22Cl2N2O2.ClH/c1-23-15-8-14(19)13(18)7-12(15)17(22)21-16-9-3-2-4-10(16)6-11(20)5-9;/h7-11,16H,2-6,20H2,1H3,(H,21,22);1H. The SMILES string of the molecule is COc1cc(Cl)c(Cl)cc1C(=O)NC1C2CCCC1CC(N)C2.Cl. The lowest BCUT2D eigenvalue weighted by Gasteiger charge is -2.45. The predicted molar refractivity (Wildman–Crippen MR) is 99.6 cm³/mol. The Balaban J connectivity index is 0.00000208. The fraction of sp³-hybridized carbons (Fsp3) is 0.588. The molecular formula is C17H23Cl3N2O2. The first-order valence-electron chi connectivity index (χ1n) is 8.09. The van der Waals surface area contributed by atoms with Gasteiger partial charge in [-0.15, -0.1) is 12.4 Å².